The largest absolute Gasteiger partial charge is 0.396 e. The van der Waals surface area contributed by atoms with E-state index >= 15 is 0 Å². The van der Waals surface area contributed by atoms with Crippen LogP contribution in [-0.4, -0.2) is 9.78 Å². The highest BCUT2D eigenvalue weighted by atomic mass is 15.3. The van der Waals surface area contributed by atoms with E-state index < -0.39 is 0 Å². The highest BCUT2D eigenvalue weighted by Crippen LogP contribution is 2.31. The average molecular weight is 151 g/mol. The minimum atomic E-state index is 0.631. The molecule has 0 bridgehead atoms. The van der Waals surface area contributed by atoms with Gasteiger partial charge in [-0.1, -0.05) is 0 Å². The molecule has 3 heteroatoms. The normalized spacial score (nSPS) is 18.3. The molecule has 1 heterocycles. The van der Waals surface area contributed by atoms with Crippen molar-refractivity contribution in [2.45, 2.75) is 32.2 Å². The smallest absolute Gasteiger partial charge is 0.0823 e. The first-order valence-electron chi connectivity index (χ1n) is 4.08. The van der Waals surface area contributed by atoms with Crippen LogP contribution in [0.1, 0.15) is 31.0 Å². The zero-order chi connectivity index (χ0) is 7.84. The molecule has 0 unspecified atom stereocenters. The van der Waals surface area contributed by atoms with E-state index in [1.54, 1.807) is 0 Å². The van der Waals surface area contributed by atoms with Crippen LogP contribution in [0.15, 0.2) is 6.20 Å². The molecule has 1 aliphatic rings. The van der Waals surface area contributed by atoms with E-state index in [1.807, 2.05) is 17.8 Å². The molecule has 0 spiro atoms. The molecule has 1 aliphatic carbocycles. The van der Waals surface area contributed by atoms with Crippen molar-refractivity contribution in [2.24, 2.45) is 0 Å². The van der Waals surface area contributed by atoms with Gasteiger partial charge in [0.15, 0.2) is 0 Å². The van der Waals surface area contributed by atoms with Crippen molar-refractivity contribution < 1.29 is 0 Å². The standard InChI is InChI=1S/C8H13N3/c1-6-8(9)5-11(10-6)7-3-2-4-7/h5,7H,2-4,9H2,1H3. The van der Waals surface area contributed by atoms with Crippen LogP contribution in [-0.2, 0) is 0 Å². The number of rotatable bonds is 1. The first-order valence-corrected chi connectivity index (χ1v) is 4.08. The van der Waals surface area contributed by atoms with Gasteiger partial charge in [-0.2, -0.15) is 5.10 Å². The minimum Gasteiger partial charge on any atom is -0.396 e. The predicted octanol–water partition coefficient (Wildman–Crippen LogP) is 1.50. The third-order valence-electron chi connectivity index (χ3n) is 2.40. The van der Waals surface area contributed by atoms with Crippen molar-refractivity contribution in [2.75, 3.05) is 5.73 Å². The van der Waals surface area contributed by atoms with Gasteiger partial charge < -0.3 is 5.73 Å². The Morgan fingerprint density at radius 2 is 2.36 bits per heavy atom. The van der Waals surface area contributed by atoms with Crippen LogP contribution in [0.3, 0.4) is 0 Å². The summed E-state index contributed by atoms with van der Waals surface area (Å²) in [5, 5.41) is 4.32. The Morgan fingerprint density at radius 1 is 1.64 bits per heavy atom. The summed E-state index contributed by atoms with van der Waals surface area (Å²) in [6.07, 6.45) is 5.81. The van der Waals surface area contributed by atoms with Crippen LogP contribution >= 0.6 is 0 Å². The highest BCUT2D eigenvalue weighted by Gasteiger charge is 2.20. The lowest BCUT2D eigenvalue weighted by Gasteiger charge is -2.25. The van der Waals surface area contributed by atoms with Crippen molar-refractivity contribution in [3.63, 3.8) is 0 Å². The van der Waals surface area contributed by atoms with Crippen LogP contribution in [0, 0.1) is 6.92 Å². The van der Waals surface area contributed by atoms with Gasteiger partial charge in [-0.05, 0) is 26.2 Å². The molecule has 1 fully saturated rings. The minimum absolute atomic E-state index is 0.631. The highest BCUT2D eigenvalue weighted by molar-refractivity contribution is 5.39. The molecule has 0 atom stereocenters. The van der Waals surface area contributed by atoms with Gasteiger partial charge in [-0.15, -0.1) is 0 Å². The maximum absolute atomic E-state index is 5.67. The second-order valence-electron chi connectivity index (χ2n) is 3.23. The Labute approximate surface area is 66.2 Å². The Hall–Kier alpha value is -0.990. The molecule has 1 aromatic rings. The van der Waals surface area contributed by atoms with Crippen LogP contribution in [0.2, 0.25) is 0 Å². The maximum Gasteiger partial charge on any atom is 0.0823 e. The lowest BCUT2D eigenvalue weighted by Crippen LogP contribution is -2.17. The van der Waals surface area contributed by atoms with Crippen LogP contribution in [0.5, 0.6) is 0 Å². The molecule has 11 heavy (non-hydrogen) atoms. The third kappa shape index (κ3) is 1.00. The van der Waals surface area contributed by atoms with Gasteiger partial charge >= 0.3 is 0 Å². The van der Waals surface area contributed by atoms with Gasteiger partial charge in [-0.3, -0.25) is 4.68 Å². The summed E-state index contributed by atoms with van der Waals surface area (Å²) >= 11 is 0. The molecule has 0 radical (unpaired) electrons. The molecule has 60 valence electrons. The monoisotopic (exact) mass is 151 g/mol. The number of aromatic nitrogens is 2. The Balaban J connectivity index is 2.24. The maximum atomic E-state index is 5.67. The number of anilines is 1. The fourth-order valence-corrected chi connectivity index (χ4v) is 1.33. The van der Waals surface area contributed by atoms with E-state index in [9.17, 15) is 0 Å². The lowest BCUT2D eigenvalue weighted by atomic mass is 9.93. The van der Waals surface area contributed by atoms with Crippen molar-refractivity contribution in [1.29, 1.82) is 0 Å². The quantitative estimate of drug-likeness (QED) is 0.661. The summed E-state index contributed by atoms with van der Waals surface area (Å²) in [4.78, 5) is 0. The first-order chi connectivity index (χ1) is 5.27. The van der Waals surface area contributed by atoms with Crippen LogP contribution < -0.4 is 5.73 Å². The molecule has 0 aromatic carbocycles. The molecule has 2 N–H and O–H groups in total. The molecular formula is C8H13N3. The van der Waals surface area contributed by atoms with Crippen LogP contribution in [0.4, 0.5) is 5.69 Å². The van der Waals surface area contributed by atoms with Gasteiger partial charge in [0.25, 0.3) is 0 Å². The fraction of sp³-hybridized carbons (Fsp3) is 0.625. The van der Waals surface area contributed by atoms with Gasteiger partial charge in [-0.25, -0.2) is 0 Å². The van der Waals surface area contributed by atoms with Crippen molar-refractivity contribution >= 4 is 5.69 Å². The van der Waals surface area contributed by atoms with Gasteiger partial charge in [0.05, 0.1) is 17.4 Å². The summed E-state index contributed by atoms with van der Waals surface area (Å²) in [7, 11) is 0. The molecular weight excluding hydrogens is 138 g/mol. The average Bonchev–Trinajstić information content (AvgIpc) is 2.08. The van der Waals surface area contributed by atoms with Gasteiger partial charge in [0, 0.05) is 6.20 Å². The van der Waals surface area contributed by atoms with Gasteiger partial charge in [0.2, 0.25) is 0 Å². The second-order valence-corrected chi connectivity index (χ2v) is 3.23. The lowest BCUT2D eigenvalue weighted by molar-refractivity contribution is 0.288. The number of nitrogens with two attached hydrogens (primary N) is 1. The number of hydrogen-bond acceptors (Lipinski definition) is 2. The Morgan fingerprint density at radius 3 is 2.73 bits per heavy atom. The summed E-state index contributed by atoms with van der Waals surface area (Å²) in [6.45, 7) is 1.95. The van der Waals surface area contributed by atoms with Crippen molar-refractivity contribution in [3.05, 3.63) is 11.9 Å². The van der Waals surface area contributed by atoms with E-state index in [2.05, 4.69) is 5.10 Å². The summed E-state index contributed by atoms with van der Waals surface area (Å²) in [6, 6.07) is 0.631. The van der Waals surface area contributed by atoms with E-state index in [4.69, 9.17) is 5.73 Å². The number of aryl methyl sites for hydroxylation is 1. The first kappa shape index (κ1) is 6.70. The van der Waals surface area contributed by atoms with Crippen molar-refractivity contribution in [3.8, 4) is 0 Å². The summed E-state index contributed by atoms with van der Waals surface area (Å²) in [5.41, 5.74) is 7.45. The molecule has 1 saturated carbocycles. The SMILES string of the molecule is Cc1nn(C2CCC2)cc1N. The zero-order valence-electron chi connectivity index (χ0n) is 6.75. The summed E-state index contributed by atoms with van der Waals surface area (Å²) < 4.78 is 2.01. The molecule has 0 amide bonds. The van der Waals surface area contributed by atoms with E-state index in [1.165, 1.54) is 19.3 Å². The number of nitrogen functional groups attached to an aromatic ring is 1. The zero-order valence-corrected chi connectivity index (χ0v) is 6.75. The fourth-order valence-electron chi connectivity index (χ4n) is 1.33. The molecule has 2 rings (SSSR count). The molecule has 3 nitrogen and oxygen atoms in total. The van der Waals surface area contributed by atoms with Gasteiger partial charge in [0.1, 0.15) is 0 Å². The Kier molecular flexibility index (Phi) is 1.37. The van der Waals surface area contributed by atoms with E-state index in [-0.39, 0.29) is 0 Å². The number of hydrogen-bond donors (Lipinski definition) is 1. The molecule has 0 saturated heterocycles. The predicted molar refractivity (Wildman–Crippen MR) is 44.3 cm³/mol. The van der Waals surface area contributed by atoms with E-state index in [0.717, 1.165) is 11.4 Å². The molecule has 0 aliphatic heterocycles. The number of nitrogens with zero attached hydrogens (tertiary/aromatic N) is 2. The summed E-state index contributed by atoms with van der Waals surface area (Å²) in [5.74, 6) is 0. The Bertz CT molecular complexity index is 241. The van der Waals surface area contributed by atoms with E-state index in [0.29, 0.717) is 6.04 Å². The van der Waals surface area contributed by atoms with Crippen LogP contribution in [0.25, 0.3) is 0 Å². The molecule has 1 aromatic heterocycles. The van der Waals surface area contributed by atoms with Crippen molar-refractivity contribution in [1.82, 2.24) is 9.78 Å². The second kappa shape index (κ2) is 2.26. The third-order valence-corrected chi connectivity index (χ3v) is 2.40. The topological polar surface area (TPSA) is 43.8 Å².